The van der Waals surface area contributed by atoms with E-state index in [9.17, 15) is 13.2 Å². The van der Waals surface area contributed by atoms with E-state index in [4.69, 9.17) is 9.47 Å². The van der Waals surface area contributed by atoms with Crippen molar-refractivity contribution in [1.82, 2.24) is 9.62 Å². The molecule has 3 rings (SSSR count). The number of carbonyl (C=O) groups is 1. The fourth-order valence-corrected chi connectivity index (χ4v) is 4.65. The fourth-order valence-electron chi connectivity index (χ4n) is 3.23. The quantitative estimate of drug-likeness (QED) is 0.607. The van der Waals surface area contributed by atoms with Crippen LogP contribution in [-0.2, 0) is 21.2 Å². The van der Waals surface area contributed by atoms with E-state index in [0.29, 0.717) is 50.0 Å². The van der Waals surface area contributed by atoms with Crippen LogP contribution in [-0.4, -0.2) is 51.5 Å². The molecule has 31 heavy (non-hydrogen) atoms. The first-order chi connectivity index (χ1) is 14.9. The summed E-state index contributed by atoms with van der Waals surface area (Å²) in [7, 11) is -3.87. The average Bonchev–Trinajstić information content (AvgIpc) is 2.76. The summed E-state index contributed by atoms with van der Waals surface area (Å²) in [6.45, 7) is 5.34. The Labute approximate surface area is 184 Å². The van der Waals surface area contributed by atoms with Crippen molar-refractivity contribution in [1.29, 1.82) is 0 Å². The number of ether oxygens (including phenoxy) is 2. The van der Waals surface area contributed by atoms with E-state index >= 15 is 0 Å². The topological polar surface area (TPSA) is 84.9 Å². The zero-order valence-corrected chi connectivity index (χ0v) is 18.9. The molecule has 0 aromatic heterocycles. The van der Waals surface area contributed by atoms with Gasteiger partial charge < -0.3 is 14.8 Å². The molecule has 0 bridgehead atoms. The molecule has 0 spiro atoms. The summed E-state index contributed by atoms with van der Waals surface area (Å²) >= 11 is 0. The smallest absolute Gasteiger partial charge is 0.243 e. The van der Waals surface area contributed by atoms with Crippen LogP contribution in [0.4, 0.5) is 0 Å². The monoisotopic (exact) mass is 446 g/mol. The number of nitrogens with one attached hydrogen (secondary N) is 1. The first kappa shape index (κ1) is 23.1. The maximum Gasteiger partial charge on any atom is 0.243 e. The number of hydrogen-bond acceptors (Lipinski definition) is 5. The molecule has 0 saturated heterocycles. The van der Waals surface area contributed by atoms with Gasteiger partial charge in [0.1, 0.15) is 13.2 Å². The van der Waals surface area contributed by atoms with Crippen LogP contribution in [0.2, 0.25) is 0 Å². The first-order valence-corrected chi connectivity index (χ1v) is 12.0. The Morgan fingerprint density at radius 1 is 1.06 bits per heavy atom. The van der Waals surface area contributed by atoms with Gasteiger partial charge in [-0.2, -0.15) is 4.31 Å². The van der Waals surface area contributed by atoms with Crippen molar-refractivity contribution in [2.45, 2.75) is 31.6 Å². The number of benzene rings is 2. The van der Waals surface area contributed by atoms with Crippen molar-refractivity contribution in [2.24, 2.45) is 5.92 Å². The molecule has 8 heteroatoms. The van der Waals surface area contributed by atoms with Crippen LogP contribution in [0.15, 0.2) is 53.4 Å². The van der Waals surface area contributed by atoms with Crippen LogP contribution in [0.25, 0.3) is 0 Å². The Bertz CT molecular complexity index is 977. The van der Waals surface area contributed by atoms with Crippen molar-refractivity contribution < 1.29 is 22.7 Å². The number of sulfonamides is 1. The van der Waals surface area contributed by atoms with Crippen LogP contribution in [0.3, 0.4) is 0 Å². The lowest BCUT2D eigenvalue weighted by atomic mass is 10.1. The molecule has 0 radical (unpaired) electrons. The highest BCUT2D eigenvalue weighted by molar-refractivity contribution is 7.89. The summed E-state index contributed by atoms with van der Waals surface area (Å²) in [5, 5.41) is 2.83. The van der Waals surface area contributed by atoms with Gasteiger partial charge in [0.15, 0.2) is 11.5 Å². The second-order valence-corrected chi connectivity index (χ2v) is 9.85. The maximum absolute atomic E-state index is 13.3. The van der Waals surface area contributed by atoms with Crippen LogP contribution < -0.4 is 14.8 Å². The van der Waals surface area contributed by atoms with Crippen molar-refractivity contribution in [3.63, 3.8) is 0 Å². The van der Waals surface area contributed by atoms with Crippen molar-refractivity contribution in [2.75, 3.05) is 32.8 Å². The minimum atomic E-state index is -3.87. The van der Waals surface area contributed by atoms with Crippen molar-refractivity contribution in [3.8, 4) is 11.5 Å². The molecule has 1 amide bonds. The van der Waals surface area contributed by atoms with Gasteiger partial charge >= 0.3 is 0 Å². The molecular formula is C23H30N2O5S. The van der Waals surface area contributed by atoms with Gasteiger partial charge in [-0.05, 0) is 36.5 Å². The van der Waals surface area contributed by atoms with Gasteiger partial charge in [0.25, 0.3) is 0 Å². The van der Waals surface area contributed by atoms with Crippen LogP contribution in [0.1, 0.15) is 25.8 Å². The zero-order valence-electron chi connectivity index (χ0n) is 18.0. The number of rotatable bonds is 10. The molecule has 7 nitrogen and oxygen atoms in total. The molecular weight excluding hydrogens is 416 g/mol. The highest BCUT2D eigenvalue weighted by Gasteiger charge is 2.28. The SMILES string of the molecule is CC(C)CCN(CC(=O)NCCc1ccccc1)S(=O)(=O)c1ccc2c(c1)OCCO2. The van der Waals surface area contributed by atoms with Gasteiger partial charge in [0.2, 0.25) is 15.9 Å². The number of carbonyl (C=O) groups excluding carboxylic acids is 1. The predicted octanol–water partition coefficient (Wildman–Crippen LogP) is 2.85. The summed E-state index contributed by atoms with van der Waals surface area (Å²) < 4.78 is 38.9. The Morgan fingerprint density at radius 3 is 2.48 bits per heavy atom. The molecule has 0 atom stereocenters. The number of amides is 1. The van der Waals surface area contributed by atoms with E-state index in [1.165, 1.54) is 16.4 Å². The van der Waals surface area contributed by atoms with Gasteiger partial charge in [-0.25, -0.2) is 8.42 Å². The third kappa shape index (κ3) is 6.45. The Morgan fingerprint density at radius 2 is 1.77 bits per heavy atom. The predicted molar refractivity (Wildman–Crippen MR) is 119 cm³/mol. The third-order valence-corrected chi connectivity index (χ3v) is 6.85. The number of nitrogens with zero attached hydrogens (tertiary/aromatic N) is 1. The Kier molecular flexibility index (Phi) is 7.92. The van der Waals surface area contributed by atoms with Gasteiger partial charge in [-0.3, -0.25) is 4.79 Å². The lowest BCUT2D eigenvalue weighted by molar-refractivity contribution is -0.121. The van der Waals surface area contributed by atoms with Crippen LogP contribution in [0, 0.1) is 5.92 Å². The second-order valence-electron chi connectivity index (χ2n) is 7.91. The molecule has 2 aromatic carbocycles. The highest BCUT2D eigenvalue weighted by Crippen LogP contribution is 2.33. The van der Waals surface area contributed by atoms with Gasteiger partial charge in [-0.1, -0.05) is 44.2 Å². The highest BCUT2D eigenvalue weighted by atomic mass is 32.2. The molecule has 0 saturated carbocycles. The first-order valence-electron chi connectivity index (χ1n) is 10.6. The average molecular weight is 447 g/mol. The standard InChI is InChI=1S/C23H30N2O5S/c1-18(2)11-13-25(17-23(26)24-12-10-19-6-4-3-5-7-19)31(27,28)20-8-9-21-22(16-20)30-15-14-29-21/h3-9,16,18H,10-15,17H2,1-2H3,(H,24,26). The minimum Gasteiger partial charge on any atom is -0.486 e. The second kappa shape index (κ2) is 10.6. The summed E-state index contributed by atoms with van der Waals surface area (Å²) in [6, 6.07) is 14.4. The van der Waals surface area contributed by atoms with E-state index in [1.54, 1.807) is 6.07 Å². The molecule has 168 valence electrons. The zero-order chi connectivity index (χ0) is 22.3. The normalized spacial score (nSPS) is 13.4. The van der Waals surface area contributed by atoms with Crippen LogP contribution in [0.5, 0.6) is 11.5 Å². The van der Waals surface area contributed by atoms with Crippen molar-refractivity contribution in [3.05, 3.63) is 54.1 Å². The molecule has 1 heterocycles. The van der Waals surface area contributed by atoms with E-state index in [2.05, 4.69) is 5.32 Å². The summed E-state index contributed by atoms with van der Waals surface area (Å²) in [4.78, 5) is 12.6. The van der Waals surface area contributed by atoms with Crippen LogP contribution >= 0.6 is 0 Å². The largest absolute Gasteiger partial charge is 0.486 e. The number of fused-ring (bicyclic) bond motifs is 1. The van der Waals surface area contributed by atoms with E-state index in [-0.39, 0.29) is 23.9 Å². The molecule has 1 aliphatic heterocycles. The molecule has 2 aromatic rings. The molecule has 1 N–H and O–H groups in total. The van der Waals surface area contributed by atoms with E-state index < -0.39 is 10.0 Å². The minimum absolute atomic E-state index is 0.0950. The van der Waals surface area contributed by atoms with Gasteiger partial charge in [0, 0.05) is 19.2 Å². The third-order valence-electron chi connectivity index (χ3n) is 5.01. The molecule has 0 fully saturated rings. The van der Waals surface area contributed by atoms with Gasteiger partial charge in [-0.15, -0.1) is 0 Å². The summed E-state index contributed by atoms with van der Waals surface area (Å²) in [5.74, 6) is 0.918. The molecule has 0 unspecified atom stereocenters. The Hall–Kier alpha value is -2.58. The van der Waals surface area contributed by atoms with Gasteiger partial charge in [0.05, 0.1) is 11.4 Å². The molecule has 0 aliphatic carbocycles. The maximum atomic E-state index is 13.3. The lowest BCUT2D eigenvalue weighted by Crippen LogP contribution is -2.42. The van der Waals surface area contributed by atoms with E-state index in [1.807, 2.05) is 44.2 Å². The summed E-state index contributed by atoms with van der Waals surface area (Å²) in [6.07, 6.45) is 1.34. The lowest BCUT2D eigenvalue weighted by Gasteiger charge is -2.24. The fraction of sp³-hybridized carbons (Fsp3) is 0.435. The van der Waals surface area contributed by atoms with Crippen molar-refractivity contribution >= 4 is 15.9 Å². The molecule has 1 aliphatic rings. The number of hydrogen-bond donors (Lipinski definition) is 1. The Balaban J connectivity index is 1.69. The van der Waals surface area contributed by atoms with E-state index in [0.717, 1.165) is 5.56 Å². The summed E-state index contributed by atoms with van der Waals surface area (Å²) in [5.41, 5.74) is 1.11.